The lowest BCUT2D eigenvalue weighted by atomic mass is 9.98. The van der Waals surface area contributed by atoms with Crippen LogP contribution in [0.25, 0.3) is 21.9 Å². The van der Waals surface area contributed by atoms with Crippen LogP contribution in [-0.2, 0) is 4.79 Å². The number of aromatic hydroxyl groups is 1. The number of aliphatic carboxylic acids is 1. The Bertz CT molecular complexity index is 1140. The summed E-state index contributed by atoms with van der Waals surface area (Å²) in [7, 11) is 1.63. The number of hydrogen-bond acceptors (Lipinski definition) is 5. The molecular weight excluding hydrogens is 382 g/mol. The van der Waals surface area contributed by atoms with Crippen molar-refractivity contribution in [2.45, 2.75) is 12.8 Å². The van der Waals surface area contributed by atoms with Gasteiger partial charge in [-0.3, -0.25) is 4.79 Å². The fraction of sp³-hybridized carbons (Fsp3) is 0.143. The van der Waals surface area contributed by atoms with E-state index in [4.69, 9.17) is 31.0 Å². The summed E-state index contributed by atoms with van der Waals surface area (Å²) in [6.45, 7) is 1.69. The molecule has 0 aliphatic carbocycles. The molecule has 4 rings (SSSR count). The molecule has 3 aromatic carbocycles. The number of hydrogen-bond donors (Lipinski definition) is 2. The highest BCUT2D eigenvalue weighted by atomic mass is 35.5. The topological polar surface area (TPSA) is 92.8 Å². The number of carboxylic acid groups (broad SMARTS) is 1. The number of oxazole rings is 1. The second kappa shape index (κ2) is 8.19. The van der Waals surface area contributed by atoms with Crippen LogP contribution in [0.2, 0.25) is 5.02 Å². The smallest absolute Gasteiger partial charge is 0.392 e. The molecule has 0 aliphatic rings. The summed E-state index contributed by atoms with van der Waals surface area (Å²) in [5.74, 6) is -0.490. The molecule has 2 N–H and O–H groups in total. The average Bonchev–Trinajstić information content (AvgIpc) is 3.06. The van der Waals surface area contributed by atoms with Gasteiger partial charge in [0.05, 0.1) is 13.0 Å². The lowest BCUT2D eigenvalue weighted by Crippen LogP contribution is -2.06. The highest BCUT2D eigenvalue weighted by molar-refractivity contribution is 6.31. The number of halogens is 1. The summed E-state index contributed by atoms with van der Waals surface area (Å²) in [6.07, 6.45) is -0.331. The number of carboxylic acids is 1. The van der Waals surface area contributed by atoms with E-state index in [0.29, 0.717) is 16.1 Å². The van der Waals surface area contributed by atoms with Crippen molar-refractivity contribution in [3.05, 3.63) is 65.2 Å². The summed E-state index contributed by atoms with van der Waals surface area (Å²) in [5.41, 5.74) is 1.91. The highest BCUT2D eigenvalue weighted by Gasteiger charge is 2.13. The maximum atomic E-state index is 10.9. The molecule has 28 heavy (non-hydrogen) atoms. The number of benzene rings is 3. The third-order valence-corrected chi connectivity index (χ3v) is 4.52. The molecule has 0 spiro atoms. The predicted octanol–water partition coefficient (Wildman–Crippen LogP) is 5.22. The van der Waals surface area contributed by atoms with Crippen molar-refractivity contribution in [3.63, 3.8) is 0 Å². The van der Waals surface area contributed by atoms with Gasteiger partial charge in [-0.25, -0.2) is 0 Å². The molecule has 0 unspecified atom stereocenters. The number of ether oxygens (including phenoxy) is 1. The van der Waals surface area contributed by atoms with Gasteiger partial charge in [0.2, 0.25) is 0 Å². The summed E-state index contributed by atoms with van der Waals surface area (Å²) in [6, 6.07) is 16.4. The van der Waals surface area contributed by atoms with Gasteiger partial charge in [0, 0.05) is 5.02 Å². The van der Waals surface area contributed by atoms with E-state index in [2.05, 4.69) is 4.98 Å². The molecule has 0 saturated heterocycles. The quantitative estimate of drug-likeness (QED) is 0.490. The zero-order chi connectivity index (χ0) is 20.3. The van der Waals surface area contributed by atoms with Gasteiger partial charge in [0.1, 0.15) is 11.3 Å². The molecule has 1 atom stereocenters. The number of fused-ring (bicyclic) bond motifs is 2. The van der Waals surface area contributed by atoms with Gasteiger partial charge in [-0.2, -0.15) is 4.98 Å². The fourth-order valence-electron chi connectivity index (χ4n) is 2.67. The van der Waals surface area contributed by atoms with E-state index in [1.54, 1.807) is 32.2 Å². The summed E-state index contributed by atoms with van der Waals surface area (Å²) in [4.78, 5) is 14.6. The van der Waals surface area contributed by atoms with Gasteiger partial charge >= 0.3 is 12.0 Å². The summed E-state index contributed by atoms with van der Waals surface area (Å²) >= 11 is 5.66. The Balaban J connectivity index is 0.000000176. The fourth-order valence-corrected chi connectivity index (χ4v) is 2.84. The molecule has 7 heteroatoms. The van der Waals surface area contributed by atoms with Gasteiger partial charge in [-0.15, -0.1) is 0 Å². The van der Waals surface area contributed by atoms with Crippen molar-refractivity contribution in [3.8, 4) is 11.8 Å². The Morgan fingerprint density at radius 1 is 1.11 bits per heavy atom. The van der Waals surface area contributed by atoms with Crippen molar-refractivity contribution >= 4 is 39.4 Å². The van der Waals surface area contributed by atoms with E-state index < -0.39 is 11.9 Å². The SMILES string of the molecule is COc1ccc2cc([C@H](C)C(=O)O)ccc2c1.Oc1nc2cc(Cl)ccc2o1. The minimum atomic E-state index is -0.808. The lowest BCUT2D eigenvalue weighted by Gasteiger charge is -2.08. The van der Waals surface area contributed by atoms with E-state index in [9.17, 15) is 4.79 Å². The second-order valence-corrected chi connectivity index (χ2v) is 6.58. The standard InChI is InChI=1S/C14H14O3.C7H4ClNO2/c1-9(14(15)16)10-3-4-12-8-13(17-2)6-5-11(12)7-10;8-4-1-2-6-5(3-4)9-7(10)11-6/h3-9H,1-2H3,(H,15,16);1-3H,(H,9,10)/t9-;/m0./s1. The molecule has 1 heterocycles. The normalized spacial score (nSPS) is 11.7. The molecule has 0 bridgehead atoms. The minimum absolute atomic E-state index is 0.331. The van der Waals surface area contributed by atoms with E-state index in [-0.39, 0.29) is 6.08 Å². The van der Waals surface area contributed by atoms with E-state index in [1.165, 1.54) is 0 Å². The molecule has 0 fully saturated rings. The molecule has 0 radical (unpaired) electrons. The second-order valence-electron chi connectivity index (χ2n) is 6.14. The average molecular weight is 400 g/mol. The Morgan fingerprint density at radius 3 is 2.54 bits per heavy atom. The maximum Gasteiger partial charge on any atom is 0.392 e. The van der Waals surface area contributed by atoms with Crippen LogP contribution in [-0.4, -0.2) is 28.3 Å². The lowest BCUT2D eigenvalue weighted by molar-refractivity contribution is -0.138. The Labute approximate surface area is 165 Å². The first-order valence-electron chi connectivity index (χ1n) is 8.43. The van der Waals surface area contributed by atoms with E-state index in [1.807, 2.05) is 36.4 Å². The van der Waals surface area contributed by atoms with Gasteiger partial charge in [-0.1, -0.05) is 35.9 Å². The monoisotopic (exact) mass is 399 g/mol. The Morgan fingerprint density at radius 2 is 1.82 bits per heavy atom. The number of aromatic nitrogens is 1. The van der Waals surface area contributed by atoms with Crippen molar-refractivity contribution in [2.24, 2.45) is 0 Å². The molecule has 1 aromatic heterocycles. The van der Waals surface area contributed by atoms with Crippen LogP contribution in [0.1, 0.15) is 18.4 Å². The van der Waals surface area contributed by atoms with Gasteiger partial charge in [0.15, 0.2) is 5.58 Å². The van der Waals surface area contributed by atoms with Gasteiger partial charge in [-0.05, 0) is 53.6 Å². The first-order valence-corrected chi connectivity index (χ1v) is 8.80. The number of rotatable bonds is 3. The van der Waals surface area contributed by atoms with E-state index in [0.717, 1.165) is 22.1 Å². The van der Waals surface area contributed by atoms with Crippen molar-refractivity contribution in [1.29, 1.82) is 0 Å². The third-order valence-electron chi connectivity index (χ3n) is 4.28. The zero-order valence-corrected chi connectivity index (χ0v) is 16.0. The Hall–Kier alpha value is -3.25. The highest BCUT2D eigenvalue weighted by Crippen LogP contribution is 2.25. The van der Waals surface area contributed by atoms with E-state index >= 15 is 0 Å². The number of nitrogens with zero attached hydrogens (tertiary/aromatic N) is 1. The summed E-state index contributed by atoms with van der Waals surface area (Å²) in [5, 5.41) is 20.4. The minimum Gasteiger partial charge on any atom is -0.497 e. The molecule has 0 aliphatic heterocycles. The molecular formula is C21H18ClNO5. The van der Waals surface area contributed by atoms with Gasteiger partial charge < -0.3 is 19.4 Å². The van der Waals surface area contributed by atoms with Crippen LogP contribution >= 0.6 is 11.6 Å². The van der Waals surface area contributed by atoms with Gasteiger partial charge in [0.25, 0.3) is 0 Å². The molecule has 144 valence electrons. The van der Waals surface area contributed by atoms with Crippen molar-refractivity contribution in [2.75, 3.05) is 7.11 Å². The summed E-state index contributed by atoms with van der Waals surface area (Å²) < 4.78 is 9.95. The van der Waals surface area contributed by atoms with Crippen molar-refractivity contribution in [1.82, 2.24) is 4.98 Å². The predicted molar refractivity (Wildman–Crippen MR) is 107 cm³/mol. The third kappa shape index (κ3) is 4.35. The molecule has 4 aromatic rings. The van der Waals surface area contributed by atoms with Crippen LogP contribution in [0, 0.1) is 0 Å². The first-order chi connectivity index (χ1) is 13.4. The Kier molecular flexibility index (Phi) is 5.70. The zero-order valence-electron chi connectivity index (χ0n) is 15.2. The molecule has 6 nitrogen and oxygen atoms in total. The maximum absolute atomic E-state index is 10.9. The molecule has 0 amide bonds. The van der Waals surface area contributed by atoms with Crippen LogP contribution < -0.4 is 4.74 Å². The van der Waals surface area contributed by atoms with Crippen LogP contribution in [0.3, 0.4) is 0 Å². The van der Waals surface area contributed by atoms with Crippen molar-refractivity contribution < 1.29 is 24.2 Å². The van der Waals surface area contributed by atoms with Crippen LogP contribution in [0.5, 0.6) is 11.8 Å². The first kappa shape index (κ1) is 19.5. The largest absolute Gasteiger partial charge is 0.497 e. The number of methoxy groups -OCH3 is 1. The van der Waals surface area contributed by atoms with Crippen LogP contribution in [0.4, 0.5) is 0 Å². The van der Waals surface area contributed by atoms with Crippen LogP contribution in [0.15, 0.2) is 59.0 Å². The number of carbonyl (C=O) groups is 1. The molecule has 0 saturated carbocycles.